The molecule has 2 aromatic heterocycles. The van der Waals surface area contributed by atoms with Gasteiger partial charge in [-0.3, -0.25) is 0 Å². The molecule has 2 heterocycles. The predicted octanol–water partition coefficient (Wildman–Crippen LogP) is 7.80. The summed E-state index contributed by atoms with van der Waals surface area (Å²) in [5.74, 6) is 0. The van der Waals surface area contributed by atoms with Crippen molar-refractivity contribution in [2.75, 3.05) is 0 Å². The quantitative estimate of drug-likeness (QED) is 0.255. The fraction of sp³-hybridized carbons (Fsp3) is 0. The average Bonchev–Trinajstić information content (AvgIpc) is 3.20. The van der Waals surface area contributed by atoms with E-state index in [1.54, 1.807) is 0 Å². The van der Waals surface area contributed by atoms with E-state index in [-0.39, 0.29) is 0 Å². The van der Waals surface area contributed by atoms with E-state index in [9.17, 15) is 0 Å². The minimum absolute atomic E-state index is 0.788. The third kappa shape index (κ3) is 1.73. The second-order valence-electron chi connectivity index (χ2n) is 7.62. The van der Waals surface area contributed by atoms with Crippen molar-refractivity contribution in [2.24, 2.45) is 0 Å². The molecule has 5 aromatic carbocycles. The van der Waals surface area contributed by atoms with E-state index in [0.717, 1.165) is 5.02 Å². The van der Waals surface area contributed by atoms with Crippen molar-refractivity contribution in [1.82, 2.24) is 4.40 Å². The van der Waals surface area contributed by atoms with Crippen molar-refractivity contribution in [1.29, 1.82) is 0 Å². The molecule has 28 heavy (non-hydrogen) atoms. The number of aromatic nitrogens is 1. The molecule has 0 amide bonds. The van der Waals surface area contributed by atoms with Crippen molar-refractivity contribution in [2.45, 2.75) is 0 Å². The molecule has 1 nitrogen and oxygen atoms in total. The maximum Gasteiger partial charge on any atom is 0.0621 e. The highest BCUT2D eigenvalue weighted by Crippen LogP contribution is 2.42. The zero-order valence-corrected chi connectivity index (χ0v) is 15.7. The summed E-state index contributed by atoms with van der Waals surface area (Å²) < 4.78 is 2.42. The van der Waals surface area contributed by atoms with Crippen LogP contribution in [0.5, 0.6) is 0 Å². The van der Waals surface area contributed by atoms with Gasteiger partial charge in [0.1, 0.15) is 0 Å². The largest absolute Gasteiger partial charge is 0.308 e. The first kappa shape index (κ1) is 14.7. The van der Waals surface area contributed by atoms with Gasteiger partial charge >= 0.3 is 0 Å². The maximum atomic E-state index is 6.58. The first-order valence-corrected chi connectivity index (χ1v) is 9.86. The molecule has 0 N–H and O–H groups in total. The van der Waals surface area contributed by atoms with Crippen LogP contribution in [0.15, 0.2) is 84.9 Å². The summed E-state index contributed by atoms with van der Waals surface area (Å²) in [6, 6.07) is 30.6. The number of rotatable bonds is 0. The lowest BCUT2D eigenvalue weighted by molar-refractivity contribution is 1.38. The molecule has 0 bridgehead atoms. The zero-order valence-electron chi connectivity index (χ0n) is 14.9. The van der Waals surface area contributed by atoms with Gasteiger partial charge < -0.3 is 4.40 Å². The van der Waals surface area contributed by atoms with Gasteiger partial charge in [-0.2, -0.15) is 0 Å². The van der Waals surface area contributed by atoms with Crippen molar-refractivity contribution < 1.29 is 0 Å². The van der Waals surface area contributed by atoms with Gasteiger partial charge in [-0.1, -0.05) is 60.1 Å². The van der Waals surface area contributed by atoms with Crippen LogP contribution in [0.4, 0.5) is 0 Å². The molecule has 0 aliphatic rings. The fourth-order valence-electron chi connectivity index (χ4n) is 4.88. The van der Waals surface area contributed by atoms with Crippen LogP contribution in [0.25, 0.3) is 59.6 Å². The third-order valence-electron chi connectivity index (χ3n) is 6.09. The zero-order chi connectivity index (χ0) is 18.4. The van der Waals surface area contributed by atoms with Gasteiger partial charge in [0.05, 0.1) is 16.6 Å². The standard InChI is InChI=1S/C26H14ClN/c27-19-13-22-20-9-15-5-1-3-7-17(15)11-24(20)28-25-12-18-8-4-2-6-16(18)10-21(25)23(14-19)26(22)28/h1-14H. The monoisotopic (exact) mass is 375 g/mol. The Morgan fingerprint density at radius 2 is 0.929 bits per heavy atom. The first-order chi connectivity index (χ1) is 13.8. The van der Waals surface area contributed by atoms with E-state index in [4.69, 9.17) is 11.6 Å². The number of benzene rings is 5. The van der Waals surface area contributed by atoms with Gasteiger partial charge in [-0.15, -0.1) is 0 Å². The van der Waals surface area contributed by atoms with Gasteiger partial charge in [-0.25, -0.2) is 0 Å². The molecular formula is C26H14ClN. The molecule has 130 valence electrons. The van der Waals surface area contributed by atoms with Gasteiger partial charge in [0, 0.05) is 26.6 Å². The summed E-state index contributed by atoms with van der Waals surface area (Å²) >= 11 is 6.58. The van der Waals surface area contributed by atoms with Crippen LogP contribution in [0.2, 0.25) is 5.02 Å². The Labute approximate surface area is 165 Å². The van der Waals surface area contributed by atoms with Crippen molar-refractivity contribution in [3.8, 4) is 0 Å². The Hall–Kier alpha value is -3.29. The van der Waals surface area contributed by atoms with Crippen LogP contribution in [0.3, 0.4) is 0 Å². The summed E-state index contributed by atoms with van der Waals surface area (Å²) in [4.78, 5) is 0. The minimum Gasteiger partial charge on any atom is -0.308 e. The van der Waals surface area contributed by atoms with E-state index < -0.39 is 0 Å². The van der Waals surface area contributed by atoms with Crippen molar-refractivity contribution in [3.63, 3.8) is 0 Å². The first-order valence-electron chi connectivity index (χ1n) is 9.48. The lowest BCUT2D eigenvalue weighted by atomic mass is 10.0. The van der Waals surface area contributed by atoms with E-state index in [0.29, 0.717) is 0 Å². The molecule has 0 radical (unpaired) electrons. The molecule has 0 spiro atoms. The number of halogens is 1. The SMILES string of the molecule is Clc1cc2c3cc4ccccc4cc3n3c4cc5ccccc5cc4c(c1)c23. The Kier molecular flexibility index (Phi) is 2.60. The molecule has 0 atom stereocenters. The Bertz CT molecular complexity index is 1600. The summed E-state index contributed by atoms with van der Waals surface area (Å²) in [6.07, 6.45) is 0. The summed E-state index contributed by atoms with van der Waals surface area (Å²) in [5.41, 5.74) is 3.75. The molecule has 0 saturated heterocycles. The normalized spacial score (nSPS) is 12.5. The second-order valence-corrected chi connectivity index (χ2v) is 8.05. The Morgan fingerprint density at radius 3 is 1.39 bits per heavy atom. The predicted molar refractivity (Wildman–Crippen MR) is 121 cm³/mol. The second kappa shape index (κ2) is 4.95. The highest BCUT2D eigenvalue weighted by molar-refractivity contribution is 6.35. The summed E-state index contributed by atoms with van der Waals surface area (Å²) in [5, 5.41) is 10.8. The van der Waals surface area contributed by atoms with E-state index in [2.05, 4.69) is 89.3 Å². The summed E-state index contributed by atoms with van der Waals surface area (Å²) in [7, 11) is 0. The highest BCUT2D eigenvalue weighted by Gasteiger charge is 2.19. The fourth-order valence-corrected chi connectivity index (χ4v) is 5.10. The third-order valence-corrected chi connectivity index (χ3v) is 6.31. The Morgan fingerprint density at radius 1 is 0.500 bits per heavy atom. The smallest absolute Gasteiger partial charge is 0.0621 e. The van der Waals surface area contributed by atoms with Gasteiger partial charge in [0.2, 0.25) is 0 Å². The minimum atomic E-state index is 0.788. The molecule has 0 aliphatic carbocycles. The van der Waals surface area contributed by atoms with E-state index in [1.807, 2.05) is 0 Å². The molecule has 0 aliphatic heterocycles. The molecule has 0 saturated carbocycles. The lowest BCUT2D eigenvalue weighted by Crippen LogP contribution is -1.82. The number of hydrogen-bond acceptors (Lipinski definition) is 0. The van der Waals surface area contributed by atoms with Gasteiger partial charge in [-0.05, 0) is 57.9 Å². The molecule has 7 rings (SSSR count). The number of hydrogen-bond donors (Lipinski definition) is 0. The maximum absolute atomic E-state index is 6.58. The lowest BCUT2D eigenvalue weighted by Gasteiger charge is -2.03. The molecule has 2 heteroatoms. The van der Waals surface area contributed by atoms with Crippen LogP contribution in [0.1, 0.15) is 0 Å². The summed E-state index contributed by atoms with van der Waals surface area (Å²) in [6.45, 7) is 0. The van der Waals surface area contributed by atoms with Crippen LogP contribution in [-0.2, 0) is 0 Å². The molecule has 0 unspecified atom stereocenters. The van der Waals surface area contributed by atoms with Crippen LogP contribution in [-0.4, -0.2) is 4.40 Å². The van der Waals surface area contributed by atoms with Crippen molar-refractivity contribution in [3.05, 3.63) is 90.0 Å². The average molecular weight is 376 g/mol. The van der Waals surface area contributed by atoms with Gasteiger partial charge in [0.25, 0.3) is 0 Å². The molecule has 0 fully saturated rings. The van der Waals surface area contributed by atoms with Crippen LogP contribution >= 0.6 is 11.6 Å². The van der Waals surface area contributed by atoms with E-state index in [1.165, 1.54) is 59.6 Å². The Balaban J connectivity index is 1.84. The molecular weight excluding hydrogens is 362 g/mol. The highest BCUT2D eigenvalue weighted by atomic mass is 35.5. The van der Waals surface area contributed by atoms with E-state index >= 15 is 0 Å². The topological polar surface area (TPSA) is 4.41 Å². The number of nitrogens with zero attached hydrogens (tertiary/aromatic N) is 1. The van der Waals surface area contributed by atoms with Crippen LogP contribution in [0, 0.1) is 0 Å². The van der Waals surface area contributed by atoms with Crippen LogP contribution < -0.4 is 0 Å². The van der Waals surface area contributed by atoms with Gasteiger partial charge in [0.15, 0.2) is 0 Å². The number of fused-ring (bicyclic) bond motifs is 8. The van der Waals surface area contributed by atoms with Crippen molar-refractivity contribution >= 4 is 71.2 Å². The molecule has 7 aromatic rings.